The predicted molar refractivity (Wildman–Crippen MR) is 157 cm³/mol. The zero-order valence-corrected chi connectivity index (χ0v) is 25.8. The smallest absolute Gasteiger partial charge is 0.343 e. The molecule has 0 unspecified atom stereocenters. The molecule has 0 saturated carbocycles. The number of aliphatic hydroxyl groups excluding tert-OH is 1. The molecular weight excluding hydrogens is 632 g/mol. The molecule has 1 aliphatic rings. The van der Waals surface area contributed by atoms with Gasteiger partial charge < -0.3 is 44.2 Å². The number of methoxy groups -OCH3 is 3. The number of hydrogen-bond donors (Lipinski definition) is 4. The highest BCUT2D eigenvalue weighted by Crippen LogP contribution is 2.37. The van der Waals surface area contributed by atoms with Crippen LogP contribution in [0.1, 0.15) is 31.0 Å². The lowest BCUT2D eigenvalue weighted by Crippen LogP contribution is -2.45. The van der Waals surface area contributed by atoms with Gasteiger partial charge in [-0.2, -0.15) is 5.10 Å². The lowest BCUT2D eigenvalue weighted by atomic mass is 9.95. The number of esters is 2. The quantitative estimate of drug-likeness (QED) is 0.101. The van der Waals surface area contributed by atoms with Crippen molar-refractivity contribution in [1.29, 1.82) is 0 Å². The van der Waals surface area contributed by atoms with Crippen molar-refractivity contribution in [3.05, 3.63) is 57.2 Å². The molecule has 1 heterocycles. The molecule has 0 bridgehead atoms. The van der Waals surface area contributed by atoms with Crippen molar-refractivity contribution in [3.63, 3.8) is 0 Å². The Hall–Kier alpha value is -4.50. The van der Waals surface area contributed by atoms with Crippen molar-refractivity contribution in [3.8, 4) is 23.0 Å². The van der Waals surface area contributed by atoms with Gasteiger partial charge in [0.05, 0.1) is 50.2 Å². The standard InChI is InChI=1S/C28H33BrN4O10/c1-6-41-20-11-17(25-24(27(36)40-5)15(2)31-28(37)32-25)7-8-19(20)42-13-22(34)33-30-12-16-9-18(29)26(21(10-16)38-3)43-14-23(35)39-4/h7-12,22,25,33-34H,6,13-14H2,1-5H3,(H2,31,32,37)/b30-12-/t22-,25-/m0/s1. The fourth-order valence-electron chi connectivity index (χ4n) is 3.96. The van der Waals surface area contributed by atoms with Crippen molar-refractivity contribution >= 4 is 40.1 Å². The monoisotopic (exact) mass is 664 g/mol. The Morgan fingerprint density at radius 3 is 2.53 bits per heavy atom. The van der Waals surface area contributed by atoms with Gasteiger partial charge in [-0.1, -0.05) is 6.07 Å². The van der Waals surface area contributed by atoms with Crippen LogP contribution in [-0.2, 0) is 19.1 Å². The van der Waals surface area contributed by atoms with Crippen molar-refractivity contribution < 1.29 is 47.9 Å². The van der Waals surface area contributed by atoms with E-state index in [-0.39, 0.29) is 18.8 Å². The molecule has 1 aliphatic heterocycles. The van der Waals surface area contributed by atoms with Crippen LogP contribution in [0, 0.1) is 0 Å². The summed E-state index contributed by atoms with van der Waals surface area (Å²) < 4.78 is 32.3. The zero-order chi connectivity index (χ0) is 31.5. The van der Waals surface area contributed by atoms with Gasteiger partial charge in [-0.15, -0.1) is 0 Å². The Labute approximate surface area is 256 Å². The van der Waals surface area contributed by atoms with E-state index in [1.54, 1.807) is 44.2 Å². The average Bonchev–Trinajstić information content (AvgIpc) is 2.98. The van der Waals surface area contributed by atoms with Gasteiger partial charge in [0, 0.05) is 5.70 Å². The number of hydrogen-bond acceptors (Lipinski definition) is 12. The number of amides is 2. The first-order valence-electron chi connectivity index (χ1n) is 12.9. The Bertz CT molecular complexity index is 1400. The van der Waals surface area contributed by atoms with Gasteiger partial charge >= 0.3 is 18.0 Å². The van der Waals surface area contributed by atoms with E-state index >= 15 is 0 Å². The molecule has 14 nitrogen and oxygen atoms in total. The minimum Gasteiger partial charge on any atom is -0.493 e. The maximum absolute atomic E-state index is 12.4. The SMILES string of the molecule is CCOc1cc([C@@H]2NC(=O)NC(C)=C2C(=O)OC)ccc1OC[C@H](O)N/N=C\c1cc(Br)c(OCC(=O)OC)c(OC)c1. The summed E-state index contributed by atoms with van der Waals surface area (Å²) >= 11 is 3.38. The van der Waals surface area contributed by atoms with Crippen LogP contribution in [-0.4, -0.2) is 76.7 Å². The number of allylic oxidation sites excluding steroid dienone is 1. The maximum atomic E-state index is 12.4. The number of benzene rings is 2. The minimum atomic E-state index is -1.20. The zero-order valence-electron chi connectivity index (χ0n) is 24.2. The summed E-state index contributed by atoms with van der Waals surface area (Å²) in [4.78, 5) is 36.0. The first-order chi connectivity index (χ1) is 20.6. The number of urea groups is 1. The molecule has 4 N–H and O–H groups in total. The predicted octanol–water partition coefficient (Wildman–Crippen LogP) is 2.53. The van der Waals surface area contributed by atoms with Crippen LogP contribution < -0.4 is 35.0 Å². The van der Waals surface area contributed by atoms with E-state index < -0.39 is 30.2 Å². The normalized spacial score (nSPS) is 15.2. The highest BCUT2D eigenvalue weighted by atomic mass is 79.9. The third-order valence-corrected chi connectivity index (χ3v) is 6.51. The van der Waals surface area contributed by atoms with E-state index in [0.717, 1.165) is 0 Å². The fourth-order valence-corrected chi connectivity index (χ4v) is 4.54. The number of aliphatic hydroxyl groups is 1. The van der Waals surface area contributed by atoms with Crippen molar-refractivity contribution in [1.82, 2.24) is 16.1 Å². The van der Waals surface area contributed by atoms with E-state index in [1.165, 1.54) is 27.5 Å². The minimum absolute atomic E-state index is 0.194. The van der Waals surface area contributed by atoms with Gasteiger partial charge in [0.25, 0.3) is 0 Å². The molecule has 2 aromatic carbocycles. The van der Waals surface area contributed by atoms with Gasteiger partial charge in [-0.3, -0.25) is 5.43 Å². The highest BCUT2D eigenvalue weighted by Gasteiger charge is 2.32. The Morgan fingerprint density at radius 2 is 1.86 bits per heavy atom. The molecule has 3 rings (SSSR count). The van der Waals surface area contributed by atoms with Crippen LogP contribution in [0.25, 0.3) is 0 Å². The Morgan fingerprint density at radius 1 is 1.09 bits per heavy atom. The molecule has 43 heavy (non-hydrogen) atoms. The van der Waals surface area contributed by atoms with Crippen LogP contribution >= 0.6 is 15.9 Å². The third-order valence-electron chi connectivity index (χ3n) is 5.92. The van der Waals surface area contributed by atoms with E-state index in [9.17, 15) is 19.5 Å². The summed E-state index contributed by atoms with van der Waals surface area (Å²) in [6, 6.07) is 7.02. The second-order valence-electron chi connectivity index (χ2n) is 8.81. The number of nitrogens with zero attached hydrogens (tertiary/aromatic N) is 1. The summed E-state index contributed by atoms with van der Waals surface area (Å²) in [6.45, 7) is 3.24. The van der Waals surface area contributed by atoms with Crippen molar-refractivity contribution in [2.75, 3.05) is 41.2 Å². The van der Waals surface area contributed by atoms with Gasteiger partial charge in [0.2, 0.25) is 0 Å². The van der Waals surface area contributed by atoms with Crippen LogP contribution in [0.2, 0.25) is 0 Å². The molecule has 232 valence electrons. The van der Waals surface area contributed by atoms with Crippen molar-refractivity contribution in [2.45, 2.75) is 26.1 Å². The Kier molecular flexibility index (Phi) is 12.0. The number of carbonyl (C=O) groups excluding carboxylic acids is 3. The largest absolute Gasteiger partial charge is 0.493 e. The molecule has 2 amide bonds. The van der Waals surface area contributed by atoms with Gasteiger partial charge in [0.15, 0.2) is 35.8 Å². The highest BCUT2D eigenvalue weighted by molar-refractivity contribution is 9.10. The number of ether oxygens (including phenoxy) is 6. The summed E-state index contributed by atoms with van der Waals surface area (Å²) in [6.07, 6.45) is 0.251. The fraction of sp³-hybridized carbons (Fsp3) is 0.357. The second kappa shape index (κ2) is 15.7. The molecule has 0 aromatic heterocycles. The van der Waals surface area contributed by atoms with Crippen LogP contribution in [0.4, 0.5) is 4.79 Å². The summed E-state index contributed by atoms with van der Waals surface area (Å²) in [5.41, 5.74) is 4.37. The van der Waals surface area contributed by atoms with E-state index in [2.05, 4.69) is 41.8 Å². The molecule has 0 saturated heterocycles. The number of nitrogens with one attached hydrogen (secondary N) is 3. The molecule has 15 heteroatoms. The second-order valence-corrected chi connectivity index (χ2v) is 9.67. The number of rotatable bonds is 14. The lowest BCUT2D eigenvalue weighted by Gasteiger charge is -2.28. The molecule has 2 atom stereocenters. The number of carbonyl (C=O) groups is 3. The van der Waals surface area contributed by atoms with Crippen LogP contribution in [0.15, 0.2) is 51.2 Å². The molecular formula is C28H33BrN4O10. The van der Waals surface area contributed by atoms with Crippen LogP contribution in [0.3, 0.4) is 0 Å². The summed E-state index contributed by atoms with van der Waals surface area (Å²) in [7, 11) is 3.98. The van der Waals surface area contributed by atoms with E-state index in [4.69, 9.17) is 23.7 Å². The van der Waals surface area contributed by atoms with Gasteiger partial charge in [-0.25, -0.2) is 14.4 Å². The van der Waals surface area contributed by atoms with Crippen molar-refractivity contribution in [2.24, 2.45) is 5.10 Å². The molecule has 0 fully saturated rings. The lowest BCUT2D eigenvalue weighted by molar-refractivity contribution is -0.143. The Balaban J connectivity index is 1.67. The van der Waals surface area contributed by atoms with E-state index in [0.29, 0.717) is 50.9 Å². The van der Waals surface area contributed by atoms with Gasteiger partial charge in [-0.05, 0) is 65.2 Å². The first kappa shape index (κ1) is 33.0. The summed E-state index contributed by atoms with van der Waals surface area (Å²) in [5.74, 6) is 0.210. The van der Waals surface area contributed by atoms with Crippen LogP contribution in [0.5, 0.6) is 23.0 Å². The average molecular weight is 665 g/mol. The molecule has 0 aliphatic carbocycles. The molecule has 0 spiro atoms. The molecule has 2 aromatic rings. The first-order valence-corrected chi connectivity index (χ1v) is 13.7. The third kappa shape index (κ3) is 8.75. The molecule has 0 radical (unpaired) electrons. The summed E-state index contributed by atoms with van der Waals surface area (Å²) in [5, 5.41) is 19.7. The van der Waals surface area contributed by atoms with E-state index in [1.807, 2.05) is 0 Å². The topological polar surface area (TPSA) is 175 Å². The maximum Gasteiger partial charge on any atom is 0.343 e. The number of hydrazone groups is 1. The number of halogens is 1. The van der Waals surface area contributed by atoms with Gasteiger partial charge in [0.1, 0.15) is 6.61 Å².